The van der Waals surface area contributed by atoms with E-state index in [1.807, 2.05) is 0 Å². The van der Waals surface area contributed by atoms with Gasteiger partial charge >= 0.3 is 24.4 Å². The molecule has 54 heavy (non-hydrogen) atoms. The van der Waals surface area contributed by atoms with Crippen molar-refractivity contribution in [3.63, 3.8) is 0 Å². The van der Waals surface area contributed by atoms with E-state index in [1.165, 1.54) is 0 Å². The van der Waals surface area contributed by atoms with E-state index < -0.39 is 58.9 Å². The third-order valence-electron chi connectivity index (χ3n) is 6.89. The van der Waals surface area contributed by atoms with Crippen LogP contribution in [0.2, 0.25) is 0 Å². The van der Waals surface area contributed by atoms with Crippen molar-refractivity contribution in [3.05, 3.63) is 0 Å². The van der Waals surface area contributed by atoms with Crippen LogP contribution in [0.4, 0.5) is 19.2 Å². The lowest BCUT2D eigenvalue weighted by Gasteiger charge is -2.23. The average molecular weight is 773 g/mol. The van der Waals surface area contributed by atoms with Gasteiger partial charge in [0.25, 0.3) is 0 Å². The third kappa shape index (κ3) is 30.5. The molecule has 16 nitrogen and oxygen atoms in total. The van der Waals surface area contributed by atoms with Crippen LogP contribution in [0.25, 0.3) is 0 Å². The first-order valence-corrected chi connectivity index (χ1v) is 19.2. The summed E-state index contributed by atoms with van der Waals surface area (Å²) >= 11 is 0. The molecule has 16 heteroatoms. The van der Waals surface area contributed by atoms with E-state index in [-0.39, 0.29) is 11.8 Å². The second-order valence-corrected chi connectivity index (χ2v) is 17.2. The van der Waals surface area contributed by atoms with Crippen LogP contribution in [0.3, 0.4) is 0 Å². The van der Waals surface area contributed by atoms with E-state index >= 15 is 0 Å². The molecule has 6 amide bonds. The topological polar surface area (TPSA) is 212 Å². The van der Waals surface area contributed by atoms with Crippen LogP contribution in [0.1, 0.15) is 147 Å². The number of carbonyl (C=O) groups is 6. The first-order chi connectivity index (χ1) is 24.8. The fraction of sp³-hybridized carbons (Fsp3) is 0.842. The maximum absolute atomic E-state index is 13.0. The van der Waals surface area contributed by atoms with E-state index in [1.54, 1.807) is 83.1 Å². The quantitative estimate of drug-likeness (QED) is 0.0596. The van der Waals surface area contributed by atoms with Gasteiger partial charge < -0.3 is 50.8 Å². The Labute approximate surface area is 323 Å². The first-order valence-electron chi connectivity index (χ1n) is 19.2. The predicted molar refractivity (Wildman–Crippen MR) is 207 cm³/mol. The number of carbonyl (C=O) groups excluding carboxylic acids is 6. The van der Waals surface area contributed by atoms with Crippen LogP contribution >= 0.6 is 0 Å². The molecule has 0 aliphatic carbocycles. The van der Waals surface area contributed by atoms with Crippen molar-refractivity contribution >= 4 is 36.2 Å². The molecule has 0 aromatic heterocycles. The van der Waals surface area contributed by atoms with Crippen LogP contribution in [0.5, 0.6) is 0 Å². The Balaban J connectivity index is 4.76. The largest absolute Gasteiger partial charge is 0.444 e. The smallest absolute Gasteiger partial charge is 0.408 e. The van der Waals surface area contributed by atoms with Crippen molar-refractivity contribution in [1.29, 1.82) is 0 Å². The van der Waals surface area contributed by atoms with Gasteiger partial charge in [-0.2, -0.15) is 0 Å². The highest BCUT2D eigenvalue weighted by atomic mass is 16.6. The zero-order valence-corrected chi connectivity index (χ0v) is 35.1. The van der Waals surface area contributed by atoms with Gasteiger partial charge in [-0.05, 0) is 134 Å². The van der Waals surface area contributed by atoms with Gasteiger partial charge in [-0.3, -0.25) is 9.59 Å². The second kappa shape index (κ2) is 24.4. The summed E-state index contributed by atoms with van der Waals surface area (Å²) in [6, 6.07) is -1.61. The minimum absolute atomic E-state index is 0.322. The lowest BCUT2D eigenvalue weighted by molar-refractivity contribution is -0.124. The molecule has 0 aromatic carbocycles. The van der Waals surface area contributed by atoms with Crippen LogP contribution in [-0.4, -0.2) is 96.9 Å². The highest BCUT2D eigenvalue weighted by molar-refractivity contribution is 5.86. The van der Waals surface area contributed by atoms with E-state index in [2.05, 4.69) is 31.9 Å². The van der Waals surface area contributed by atoms with Gasteiger partial charge in [0.1, 0.15) is 34.5 Å². The normalized spacial score (nSPS) is 13.0. The van der Waals surface area contributed by atoms with Gasteiger partial charge in [-0.15, -0.1) is 0 Å². The summed E-state index contributed by atoms with van der Waals surface area (Å²) in [5.74, 6) is -0.644. The maximum atomic E-state index is 13.0. The first kappa shape index (κ1) is 50.0. The van der Waals surface area contributed by atoms with Crippen LogP contribution in [0, 0.1) is 0 Å². The molecule has 0 fully saturated rings. The Bertz CT molecular complexity index is 1080. The minimum Gasteiger partial charge on any atom is -0.444 e. The molecule has 314 valence electrons. The van der Waals surface area contributed by atoms with E-state index in [0.29, 0.717) is 77.5 Å². The van der Waals surface area contributed by atoms with Crippen molar-refractivity contribution in [1.82, 2.24) is 31.9 Å². The Morgan fingerprint density at radius 3 is 0.926 bits per heavy atom. The van der Waals surface area contributed by atoms with Gasteiger partial charge in [0.15, 0.2) is 0 Å². The summed E-state index contributed by atoms with van der Waals surface area (Å²) < 4.78 is 21.2. The molecule has 0 aromatic rings. The number of hydrogen-bond donors (Lipinski definition) is 6. The van der Waals surface area contributed by atoms with Crippen molar-refractivity contribution in [2.24, 2.45) is 0 Å². The number of rotatable bonds is 21. The molecule has 0 spiro atoms. The molecule has 0 saturated heterocycles. The molecular weight excluding hydrogens is 700 g/mol. The maximum Gasteiger partial charge on any atom is 0.408 e. The number of hydrogen-bond acceptors (Lipinski definition) is 10. The highest BCUT2D eigenvalue weighted by Crippen LogP contribution is 2.12. The molecule has 6 N–H and O–H groups in total. The number of nitrogens with one attached hydrogen (secondary N) is 6. The van der Waals surface area contributed by atoms with Crippen LogP contribution < -0.4 is 31.9 Å². The fourth-order valence-electron chi connectivity index (χ4n) is 4.67. The van der Waals surface area contributed by atoms with Gasteiger partial charge in [0.2, 0.25) is 11.8 Å². The Morgan fingerprint density at radius 1 is 0.370 bits per heavy atom. The Hall–Kier alpha value is -3.98. The zero-order chi connectivity index (χ0) is 41.6. The predicted octanol–water partition coefficient (Wildman–Crippen LogP) is 5.96. The lowest BCUT2D eigenvalue weighted by atomic mass is 10.1. The summed E-state index contributed by atoms with van der Waals surface area (Å²) in [5.41, 5.74) is -2.64. The summed E-state index contributed by atoms with van der Waals surface area (Å²) in [6.07, 6.45) is 3.59. The molecule has 0 unspecified atom stereocenters. The Morgan fingerprint density at radius 2 is 0.630 bits per heavy atom. The molecule has 0 saturated carbocycles. The molecule has 0 bridgehead atoms. The van der Waals surface area contributed by atoms with E-state index in [9.17, 15) is 28.8 Å². The molecule has 0 aliphatic heterocycles. The number of ether oxygens (including phenoxy) is 4. The zero-order valence-electron chi connectivity index (χ0n) is 35.1. The highest BCUT2D eigenvalue weighted by Gasteiger charge is 2.26. The van der Waals surface area contributed by atoms with Gasteiger partial charge in [0, 0.05) is 26.2 Å². The molecule has 0 aliphatic rings. The SMILES string of the molecule is CC(C)(C)OC(=O)NCCCC[C@H](NC(=O)OC(C)(C)C)C(=O)NCCCCCCNC(=O)[C@@H](CCCCNC(=O)OC(C)(C)C)NC(=O)OC(C)(C)C. The monoisotopic (exact) mass is 773 g/mol. The van der Waals surface area contributed by atoms with Crippen molar-refractivity contribution in [2.75, 3.05) is 26.2 Å². The second-order valence-electron chi connectivity index (χ2n) is 17.2. The number of amides is 6. The van der Waals surface area contributed by atoms with Gasteiger partial charge in [0.05, 0.1) is 0 Å². The standard InChI is InChI=1S/C38H72N6O10/c1-35(2,3)51-31(47)41-25-19-15-21-27(43-33(49)53-37(7,8)9)29(45)39-23-17-13-14-18-24-40-30(46)28(44-34(50)54-38(10,11)12)22-16-20-26-42-32(48)52-36(4,5)6/h27-28H,13-26H2,1-12H3,(H,39,45)(H,40,46)(H,41,47)(H,42,48)(H,43,49)(H,44,50)/t27-,28+. The summed E-state index contributed by atoms with van der Waals surface area (Å²) in [6.45, 7) is 22.7. The number of alkyl carbamates (subject to hydrolysis) is 4. The van der Waals surface area contributed by atoms with Crippen LogP contribution in [-0.2, 0) is 28.5 Å². The van der Waals surface area contributed by atoms with Gasteiger partial charge in [-0.1, -0.05) is 12.8 Å². The van der Waals surface area contributed by atoms with Crippen LogP contribution in [0.15, 0.2) is 0 Å². The summed E-state index contributed by atoms with van der Waals surface area (Å²) in [7, 11) is 0. The van der Waals surface area contributed by atoms with Crippen molar-refractivity contribution < 1.29 is 47.7 Å². The summed E-state index contributed by atoms with van der Waals surface area (Å²) in [5, 5.41) is 16.5. The fourth-order valence-corrected chi connectivity index (χ4v) is 4.67. The van der Waals surface area contributed by atoms with Gasteiger partial charge in [-0.25, -0.2) is 19.2 Å². The minimum atomic E-state index is -0.805. The van der Waals surface area contributed by atoms with E-state index in [4.69, 9.17) is 18.9 Å². The Kier molecular flexibility index (Phi) is 22.6. The van der Waals surface area contributed by atoms with Crippen molar-refractivity contribution in [2.45, 2.75) is 182 Å². The molecule has 0 rings (SSSR count). The molecule has 0 radical (unpaired) electrons. The van der Waals surface area contributed by atoms with E-state index in [0.717, 1.165) is 12.8 Å². The summed E-state index contributed by atoms with van der Waals surface area (Å²) in [4.78, 5) is 74.6. The average Bonchev–Trinajstić information content (AvgIpc) is 2.97. The lowest BCUT2D eigenvalue weighted by Crippen LogP contribution is -2.48. The van der Waals surface area contributed by atoms with Crippen molar-refractivity contribution in [3.8, 4) is 0 Å². The molecule has 0 heterocycles. The molecule has 2 atom stereocenters. The third-order valence-corrected chi connectivity index (χ3v) is 6.89. The molecular formula is C38H72N6O10. The number of unbranched alkanes of at least 4 members (excludes halogenated alkanes) is 5.